The van der Waals surface area contributed by atoms with Crippen molar-refractivity contribution in [2.45, 2.75) is 19.3 Å². The third-order valence-corrected chi connectivity index (χ3v) is 3.32. The van der Waals surface area contributed by atoms with Gasteiger partial charge in [0.1, 0.15) is 0 Å². The second-order valence-corrected chi connectivity index (χ2v) is 5.00. The fourth-order valence-electron chi connectivity index (χ4n) is 2.19. The van der Waals surface area contributed by atoms with Crippen LogP contribution >= 0.6 is 0 Å². The number of urea groups is 1. The maximum Gasteiger partial charge on any atom is 0.319 e. The predicted molar refractivity (Wildman–Crippen MR) is 86.7 cm³/mol. The predicted octanol–water partition coefficient (Wildman–Crippen LogP) is 3.78. The van der Waals surface area contributed by atoms with Crippen molar-refractivity contribution < 1.29 is 9.53 Å². The van der Waals surface area contributed by atoms with Crippen LogP contribution in [0, 0.1) is 0 Å². The first kappa shape index (κ1) is 15.3. The third kappa shape index (κ3) is 5.08. The Hall–Kier alpha value is -2.07. The molecule has 0 atom stereocenters. The maximum atomic E-state index is 11.8. The Morgan fingerprint density at radius 3 is 2.67 bits per heavy atom. The summed E-state index contributed by atoms with van der Waals surface area (Å²) in [4.78, 5) is 11.8. The molecule has 21 heavy (non-hydrogen) atoms. The van der Waals surface area contributed by atoms with Gasteiger partial charge >= 0.3 is 6.03 Å². The largest absolute Gasteiger partial charge is 0.385 e. The van der Waals surface area contributed by atoms with Crippen LogP contribution in [0.15, 0.2) is 42.5 Å². The lowest BCUT2D eigenvalue weighted by Crippen LogP contribution is -2.29. The number of carbonyl (C=O) groups is 1. The molecule has 0 aliphatic carbocycles. The summed E-state index contributed by atoms with van der Waals surface area (Å²) < 4.78 is 4.98. The number of hydrogen-bond acceptors (Lipinski definition) is 2. The highest BCUT2D eigenvalue weighted by molar-refractivity contribution is 5.93. The maximum absolute atomic E-state index is 11.8. The Labute approximate surface area is 125 Å². The average Bonchev–Trinajstić information content (AvgIpc) is 2.50. The molecule has 112 valence electrons. The summed E-state index contributed by atoms with van der Waals surface area (Å²) in [5.74, 6) is 0. The first-order valence-corrected chi connectivity index (χ1v) is 7.32. The van der Waals surface area contributed by atoms with Crippen molar-refractivity contribution in [1.29, 1.82) is 0 Å². The van der Waals surface area contributed by atoms with Gasteiger partial charge in [-0.05, 0) is 42.2 Å². The van der Waals surface area contributed by atoms with Gasteiger partial charge in [-0.15, -0.1) is 0 Å². The van der Waals surface area contributed by atoms with Gasteiger partial charge in [0.15, 0.2) is 0 Å². The first-order chi connectivity index (χ1) is 10.3. The number of amides is 2. The second kappa shape index (κ2) is 8.27. The van der Waals surface area contributed by atoms with E-state index in [4.69, 9.17) is 4.74 Å². The highest BCUT2D eigenvalue weighted by Gasteiger charge is 2.01. The zero-order valence-corrected chi connectivity index (χ0v) is 12.4. The molecule has 0 radical (unpaired) electrons. The summed E-state index contributed by atoms with van der Waals surface area (Å²) in [7, 11) is 1.70. The van der Waals surface area contributed by atoms with E-state index in [1.165, 1.54) is 5.39 Å². The quantitative estimate of drug-likeness (QED) is 0.761. The molecule has 0 saturated carbocycles. The molecule has 0 aliphatic rings. The molecule has 4 heteroatoms. The Kier molecular flexibility index (Phi) is 6.03. The molecule has 0 saturated heterocycles. The summed E-state index contributed by atoms with van der Waals surface area (Å²) in [6.45, 7) is 1.46. The lowest BCUT2D eigenvalue weighted by atomic mass is 10.1. The van der Waals surface area contributed by atoms with Gasteiger partial charge in [0, 0.05) is 25.9 Å². The van der Waals surface area contributed by atoms with E-state index in [1.54, 1.807) is 7.11 Å². The molecule has 2 aromatic rings. The van der Waals surface area contributed by atoms with Gasteiger partial charge in [-0.2, -0.15) is 0 Å². The van der Waals surface area contributed by atoms with E-state index in [-0.39, 0.29) is 6.03 Å². The number of carbonyl (C=O) groups excluding carboxylic acids is 1. The zero-order chi connectivity index (χ0) is 14.9. The van der Waals surface area contributed by atoms with Gasteiger partial charge in [-0.3, -0.25) is 0 Å². The number of nitrogens with one attached hydrogen (secondary N) is 2. The van der Waals surface area contributed by atoms with E-state index in [9.17, 15) is 4.79 Å². The molecular formula is C17H22N2O2. The SMILES string of the molecule is COCCCCCNC(=O)Nc1ccc2ccccc2c1. The number of anilines is 1. The summed E-state index contributed by atoms with van der Waals surface area (Å²) >= 11 is 0. The fourth-order valence-corrected chi connectivity index (χ4v) is 2.19. The van der Waals surface area contributed by atoms with E-state index in [0.717, 1.165) is 36.9 Å². The van der Waals surface area contributed by atoms with Crippen molar-refractivity contribution in [3.8, 4) is 0 Å². The summed E-state index contributed by atoms with van der Waals surface area (Å²) in [6.07, 6.45) is 3.06. The topological polar surface area (TPSA) is 50.4 Å². The lowest BCUT2D eigenvalue weighted by Gasteiger charge is -2.08. The molecule has 0 aliphatic heterocycles. The van der Waals surface area contributed by atoms with Crippen LogP contribution in [0.3, 0.4) is 0 Å². The highest BCUT2D eigenvalue weighted by Crippen LogP contribution is 2.18. The molecule has 2 rings (SSSR count). The number of hydrogen-bond donors (Lipinski definition) is 2. The molecule has 2 aromatic carbocycles. The molecule has 4 nitrogen and oxygen atoms in total. The minimum absolute atomic E-state index is 0.156. The summed E-state index contributed by atoms with van der Waals surface area (Å²) in [5.41, 5.74) is 0.811. The lowest BCUT2D eigenvalue weighted by molar-refractivity contribution is 0.192. The van der Waals surface area contributed by atoms with E-state index < -0.39 is 0 Å². The van der Waals surface area contributed by atoms with Gasteiger partial charge < -0.3 is 15.4 Å². The number of benzene rings is 2. The second-order valence-electron chi connectivity index (χ2n) is 5.00. The number of rotatable bonds is 7. The molecule has 0 bridgehead atoms. The summed E-state index contributed by atoms with van der Waals surface area (Å²) in [5, 5.41) is 8.02. The summed E-state index contributed by atoms with van der Waals surface area (Å²) in [6, 6.07) is 13.8. The van der Waals surface area contributed by atoms with Crippen LogP contribution in [-0.4, -0.2) is 26.3 Å². The minimum Gasteiger partial charge on any atom is -0.385 e. The monoisotopic (exact) mass is 286 g/mol. The van der Waals surface area contributed by atoms with Gasteiger partial charge in [0.25, 0.3) is 0 Å². The Bertz CT molecular complexity index is 584. The number of unbranched alkanes of at least 4 members (excludes halogenated alkanes) is 2. The Morgan fingerprint density at radius 2 is 1.86 bits per heavy atom. The third-order valence-electron chi connectivity index (χ3n) is 3.32. The van der Waals surface area contributed by atoms with Crippen molar-refractivity contribution in [1.82, 2.24) is 5.32 Å². The van der Waals surface area contributed by atoms with Gasteiger partial charge in [-0.1, -0.05) is 30.3 Å². The number of fused-ring (bicyclic) bond motifs is 1. The van der Waals surface area contributed by atoms with E-state index in [0.29, 0.717) is 6.54 Å². The van der Waals surface area contributed by atoms with E-state index in [1.807, 2.05) is 36.4 Å². The van der Waals surface area contributed by atoms with Crippen LogP contribution in [0.25, 0.3) is 10.8 Å². The van der Waals surface area contributed by atoms with Crippen molar-refractivity contribution in [3.05, 3.63) is 42.5 Å². The van der Waals surface area contributed by atoms with Gasteiger partial charge in [0.05, 0.1) is 0 Å². The molecule has 2 amide bonds. The number of methoxy groups -OCH3 is 1. The number of ether oxygens (including phenoxy) is 1. The van der Waals surface area contributed by atoms with Crippen LogP contribution in [0.5, 0.6) is 0 Å². The highest BCUT2D eigenvalue weighted by atomic mass is 16.5. The van der Waals surface area contributed by atoms with Crippen LogP contribution in [0.4, 0.5) is 10.5 Å². The van der Waals surface area contributed by atoms with Crippen LogP contribution in [-0.2, 0) is 4.74 Å². The molecular weight excluding hydrogens is 264 g/mol. The normalized spacial score (nSPS) is 10.5. The van der Waals surface area contributed by atoms with Crippen molar-refractivity contribution >= 4 is 22.5 Å². The molecule has 0 aromatic heterocycles. The van der Waals surface area contributed by atoms with E-state index in [2.05, 4.69) is 16.7 Å². The zero-order valence-electron chi connectivity index (χ0n) is 12.4. The standard InChI is InChI=1S/C17H22N2O2/c1-21-12-6-2-5-11-18-17(20)19-16-10-9-14-7-3-4-8-15(14)13-16/h3-4,7-10,13H,2,5-6,11-12H2,1H3,(H2,18,19,20). The molecule has 0 unspecified atom stereocenters. The van der Waals surface area contributed by atoms with Crippen molar-refractivity contribution in [2.24, 2.45) is 0 Å². The van der Waals surface area contributed by atoms with Crippen molar-refractivity contribution in [3.63, 3.8) is 0 Å². The molecule has 0 fully saturated rings. The minimum atomic E-state index is -0.156. The fraction of sp³-hybridized carbons (Fsp3) is 0.353. The van der Waals surface area contributed by atoms with Gasteiger partial charge in [-0.25, -0.2) is 4.79 Å². The smallest absolute Gasteiger partial charge is 0.319 e. The first-order valence-electron chi connectivity index (χ1n) is 7.32. The Morgan fingerprint density at radius 1 is 1.05 bits per heavy atom. The Balaban J connectivity index is 1.76. The van der Waals surface area contributed by atoms with Crippen LogP contribution < -0.4 is 10.6 Å². The van der Waals surface area contributed by atoms with Gasteiger partial charge in [0.2, 0.25) is 0 Å². The molecule has 0 heterocycles. The van der Waals surface area contributed by atoms with Crippen LogP contribution in [0.1, 0.15) is 19.3 Å². The molecule has 0 spiro atoms. The van der Waals surface area contributed by atoms with Crippen LogP contribution in [0.2, 0.25) is 0 Å². The molecule has 2 N–H and O–H groups in total. The average molecular weight is 286 g/mol. The van der Waals surface area contributed by atoms with Crippen molar-refractivity contribution in [2.75, 3.05) is 25.6 Å². The van der Waals surface area contributed by atoms with E-state index >= 15 is 0 Å².